The zero-order chi connectivity index (χ0) is 16.4. The zero-order valence-corrected chi connectivity index (χ0v) is 14.4. The van der Waals surface area contributed by atoms with Crippen molar-refractivity contribution in [3.8, 4) is 0 Å². The van der Waals surface area contributed by atoms with Crippen LogP contribution in [0.4, 0.5) is 0 Å². The molecular weight excluding hydrogens is 338 g/mol. The van der Waals surface area contributed by atoms with Crippen LogP contribution >= 0.6 is 11.6 Å². The fraction of sp³-hybridized carbons (Fsp3) is 0.562. The van der Waals surface area contributed by atoms with Gasteiger partial charge < -0.3 is 9.64 Å². The molecule has 0 radical (unpaired) electrons. The number of sulfone groups is 1. The van der Waals surface area contributed by atoms with E-state index in [9.17, 15) is 13.2 Å². The van der Waals surface area contributed by atoms with Crippen LogP contribution in [0.1, 0.15) is 29.6 Å². The number of rotatable bonds is 4. The highest BCUT2D eigenvalue weighted by molar-refractivity contribution is 7.91. The lowest BCUT2D eigenvalue weighted by atomic mass is 10.1. The lowest BCUT2D eigenvalue weighted by molar-refractivity contribution is 0.0441. The molecule has 2 aliphatic rings. The maximum absolute atomic E-state index is 12.9. The molecule has 2 saturated heterocycles. The molecule has 7 heteroatoms. The highest BCUT2D eigenvalue weighted by Gasteiger charge is 2.36. The molecule has 2 heterocycles. The normalized spacial score (nSPS) is 26.3. The summed E-state index contributed by atoms with van der Waals surface area (Å²) in [6.45, 7) is 1.14. The summed E-state index contributed by atoms with van der Waals surface area (Å²) in [7, 11) is -3.06. The number of carbonyl (C=O) groups is 1. The summed E-state index contributed by atoms with van der Waals surface area (Å²) in [6.07, 6.45) is 2.36. The van der Waals surface area contributed by atoms with Crippen LogP contribution in [0, 0.1) is 0 Å². The lowest BCUT2D eigenvalue weighted by Gasteiger charge is -2.30. The number of benzene rings is 1. The second kappa shape index (κ2) is 6.79. The molecule has 2 fully saturated rings. The van der Waals surface area contributed by atoms with E-state index in [4.69, 9.17) is 16.3 Å². The maximum atomic E-state index is 12.9. The highest BCUT2D eigenvalue weighted by atomic mass is 35.5. The zero-order valence-electron chi connectivity index (χ0n) is 12.8. The molecule has 0 unspecified atom stereocenters. The summed E-state index contributed by atoms with van der Waals surface area (Å²) < 4.78 is 29.2. The predicted octanol–water partition coefficient (Wildman–Crippen LogP) is 2.15. The molecule has 2 atom stereocenters. The Bertz CT molecular complexity index is 685. The van der Waals surface area contributed by atoms with Gasteiger partial charge in [-0.3, -0.25) is 4.79 Å². The molecule has 0 N–H and O–H groups in total. The summed E-state index contributed by atoms with van der Waals surface area (Å²) in [5.41, 5.74) is 0.486. The van der Waals surface area contributed by atoms with E-state index in [2.05, 4.69) is 0 Å². The maximum Gasteiger partial charge on any atom is 0.254 e. The minimum Gasteiger partial charge on any atom is -0.376 e. The van der Waals surface area contributed by atoms with Crippen LogP contribution in [0.3, 0.4) is 0 Å². The Morgan fingerprint density at radius 2 is 2.17 bits per heavy atom. The van der Waals surface area contributed by atoms with Crippen molar-refractivity contribution in [1.82, 2.24) is 4.90 Å². The average Bonchev–Trinajstić information content (AvgIpc) is 3.13. The number of hydrogen-bond donors (Lipinski definition) is 0. The molecule has 23 heavy (non-hydrogen) atoms. The highest BCUT2D eigenvalue weighted by Crippen LogP contribution is 2.24. The molecule has 126 valence electrons. The van der Waals surface area contributed by atoms with Crippen LogP contribution in [-0.4, -0.2) is 56.0 Å². The summed E-state index contributed by atoms with van der Waals surface area (Å²) >= 11 is 5.98. The Kier molecular flexibility index (Phi) is 4.94. The number of hydrogen-bond acceptors (Lipinski definition) is 4. The fourth-order valence-corrected chi connectivity index (χ4v) is 5.14. The molecular formula is C16H20ClNO4S. The predicted molar refractivity (Wildman–Crippen MR) is 88.5 cm³/mol. The van der Waals surface area contributed by atoms with Gasteiger partial charge in [0.25, 0.3) is 5.91 Å². The largest absolute Gasteiger partial charge is 0.376 e. The molecule has 5 nitrogen and oxygen atoms in total. The first-order valence-corrected chi connectivity index (χ1v) is 10.0. The van der Waals surface area contributed by atoms with Gasteiger partial charge in [-0.25, -0.2) is 8.42 Å². The van der Waals surface area contributed by atoms with Crippen LogP contribution in [0.25, 0.3) is 0 Å². The SMILES string of the molecule is O=C(c1cccc(Cl)c1)N(C[C@@H]1CCCO1)[C@@H]1CCS(=O)(=O)C1. The first kappa shape index (κ1) is 16.7. The van der Waals surface area contributed by atoms with E-state index < -0.39 is 9.84 Å². The Hall–Kier alpha value is -1.11. The van der Waals surface area contributed by atoms with Crippen molar-refractivity contribution < 1.29 is 17.9 Å². The van der Waals surface area contributed by atoms with E-state index >= 15 is 0 Å². The van der Waals surface area contributed by atoms with Gasteiger partial charge in [0.15, 0.2) is 9.84 Å². The van der Waals surface area contributed by atoms with E-state index in [0.29, 0.717) is 30.2 Å². The van der Waals surface area contributed by atoms with Crippen molar-refractivity contribution in [2.45, 2.75) is 31.4 Å². The molecule has 1 aromatic carbocycles. The molecule has 0 aliphatic carbocycles. The number of halogens is 1. The van der Waals surface area contributed by atoms with Crippen LogP contribution in [0.2, 0.25) is 5.02 Å². The van der Waals surface area contributed by atoms with Crippen molar-refractivity contribution in [2.75, 3.05) is 24.7 Å². The van der Waals surface area contributed by atoms with Gasteiger partial charge in [0.1, 0.15) is 0 Å². The second-order valence-electron chi connectivity index (χ2n) is 6.16. The number of nitrogens with zero attached hydrogens (tertiary/aromatic N) is 1. The van der Waals surface area contributed by atoms with Gasteiger partial charge in [0.05, 0.1) is 17.6 Å². The van der Waals surface area contributed by atoms with Gasteiger partial charge in [-0.2, -0.15) is 0 Å². The number of ether oxygens (including phenoxy) is 1. The number of amides is 1. The lowest BCUT2D eigenvalue weighted by Crippen LogP contribution is -2.45. The van der Waals surface area contributed by atoms with Crippen LogP contribution in [0.5, 0.6) is 0 Å². The molecule has 1 aromatic rings. The van der Waals surface area contributed by atoms with Crippen molar-refractivity contribution in [1.29, 1.82) is 0 Å². The van der Waals surface area contributed by atoms with E-state index in [0.717, 1.165) is 12.8 Å². The standard InChI is InChI=1S/C16H20ClNO4S/c17-13-4-1-3-12(9-13)16(19)18(10-15-5-2-7-22-15)14-6-8-23(20,21)11-14/h1,3-4,9,14-15H,2,5-8,10-11H2/t14-,15+/m1/s1. The number of carbonyl (C=O) groups excluding carboxylic acids is 1. The van der Waals surface area contributed by atoms with Gasteiger partial charge >= 0.3 is 0 Å². The molecule has 1 amide bonds. The Morgan fingerprint density at radius 3 is 2.78 bits per heavy atom. The van der Waals surface area contributed by atoms with Crippen LogP contribution < -0.4 is 0 Å². The molecule has 0 bridgehead atoms. The van der Waals surface area contributed by atoms with Crippen molar-refractivity contribution in [2.24, 2.45) is 0 Å². The van der Waals surface area contributed by atoms with E-state index in [1.54, 1.807) is 29.2 Å². The molecule has 0 aromatic heterocycles. The Morgan fingerprint density at radius 1 is 1.35 bits per heavy atom. The van der Waals surface area contributed by atoms with E-state index in [-0.39, 0.29) is 29.6 Å². The third kappa shape index (κ3) is 4.05. The summed E-state index contributed by atoms with van der Waals surface area (Å²) in [4.78, 5) is 14.6. The van der Waals surface area contributed by atoms with E-state index in [1.165, 1.54) is 0 Å². The fourth-order valence-electron chi connectivity index (χ4n) is 3.21. The topological polar surface area (TPSA) is 63.7 Å². The quantitative estimate of drug-likeness (QED) is 0.828. The Labute approximate surface area is 141 Å². The summed E-state index contributed by atoms with van der Waals surface area (Å²) in [5, 5.41) is 0.493. The van der Waals surface area contributed by atoms with Crippen molar-refractivity contribution in [3.63, 3.8) is 0 Å². The second-order valence-corrected chi connectivity index (χ2v) is 8.82. The first-order chi connectivity index (χ1) is 10.9. The monoisotopic (exact) mass is 357 g/mol. The first-order valence-electron chi connectivity index (χ1n) is 7.83. The van der Waals surface area contributed by atoms with Gasteiger partial charge in [-0.1, -0.05) is 17.7 Å². The molecule has 3 rings (SSSR count). The summed E-state index contributed by atoms with van der Waals surface area (Å²) in [5.74, 6) is -0.000692. The molecule has 0 spiro atoms. The third-order valence-electron chi connectivity index (χ3n) is 4.41. The summed E-state index contributed by atoms with van der Waals surface area (Å²) in [6, 6.07) is 6.49. The Balaban J connectivity index is 1.83. The molecule has 0 saturated carbocycles. The third-order valence-corrected chi connectivity index (χ3v) is 6.39. The average molecular weight is 358 g/mol. The van der Waals surface area contributed by atoms with Gasteiger partial charge in [-0.05, 0) is 37.5 Å². The van der Waals surface area contributed by atoms with Crippen LogP contribution in [-0.2, 0) is 14.6 Å². The van der Waals surface area contributed by atoms with Gasteiger partial charge in [0, 0.05) is 29.8 Å². The minimum absolute atomic E-state index is 0.0126. The van der Waals surface area contributed by atoms with Crippen molar-refractivity contribution in [3.05, 3.63) is 34.9 Å². The molecule has 2 aliphatic heterocycles. The van der Waals surface area contributed by atoms with Crippen molar-refractivity contribution >= 4 is 27.3 Å². The van der Waals surface area contributed by atoms with Gasteiger partial charge in [0.2, 0.25) is 0 Å². The van der Waals surface area contributed by atoms with E-state index in [1.807, 2.05) is 0 Å². The smallest absolute Gasteiger partial charge is 0.254 e. The van der Waals surface area contributed by atoms with Crippen LogP contribution in [0.15, 0.2) is 24.3 Å². The minimum atomic E-state index is -3.06. The van der Waals surface area contributed by atoms with Gasteiger partial charge in [-0.15, -0.1) is 0 Å².